The highest BCUT2D eigenvalue weighted by Crippen LogP contribution is 2.30. The van der Waals surface area contributed by atoms with Crippen molar-refractivity contribution < 1.29 is 31.9 Å². The first-order chi connectivity index (χ1) is 20.1. The minimum atomic E-state index is -4.67. The number of para-hydroxylation sites is 2. The molecule has 4 aromatic carbocycles. The lowest BCUT2D eigenvalue weighted by Crippen LogP contribution is -2.31. The van der Waals surface area contributed by atoms with Crippen LogP contribution in [0.5, 0.6) is 0 Å². The second-order valence-corrected chi connectivity index (χ2v) is 10.9. The monoisotopic (exact) mass is 591 g/mol. The van der Waals surface area contributed by atoms with Crippen molar-refractivity contribution in [1.82, 2.24) is 14.7 Å². The van der Waals surface area contributed by atoms with Crippen molar-refractivity contribution in [2.45, 2.75) is 17.4 Å². The summed E-state index contributed by atoms with van der Waals surface area (Å²) in [7, 11) is -4.67. The van der Waals surface area contributed by atoms with Crippen molar-refractivity contribution in [3.05, 3.63) is 108 Å². The van der Waals surface area contributed by atoms with Gasteiger partial charge in [0.25, 0.3) is 0 Å². The highest BCUT2D eigenvalue weighted by atomic mass is 32.2. The Kier molecular flexibility index (Phi) is 7.95. The second kappa shape index (κ2) is 11.8. The number of aromatic nitrogens is 2. The molecule has 0 aliphatic carbocycles. The number of aliphatic carboxylic acids is 1. The van der Waals surface area contributed by atoms with Gasteiger partial charge in [-0.3, -0.25) is 10.1 Å². The Morgan fingerprint density at radius 3 is 2.36 bits per heavy atom. The van der Waals surface area contributed by atoms with Crippen molar-refractivity contribution >= 4 is 44.7 Å². The van der Waals surface area contributed by atoms with Gasteiger partial charge in [0.15, 0.2) is 0 Å². The van der Waals surface area contributed by atoms with Gasteiger partial charge in [0.05, 0.1) is 23.5 Å². The van der Waals surface area contributed by atoms with E-state index in [1.54, 1.807) is 36.4 Å². The summed E-state index contributed by atoms with van der Waals surface area (Å²) in [5, 5.41) is 14.4. The highest BCUT2D eigenvalue weighted by Gasteiger charge is 2.27. The molecule has 13 heteroatoms. The molecule has 0 saturated carbocycles. The van der Waals surface area contributed by atoms with Crippen LogP contribution < -0.4 is 15.4 Å². The molecule has 0 aliphatic heterocycles. The van der Waals surface area contributed by atoms with Crippen LogP contribution in [0.4, 0.5) is 25.2 Å². The maximum absolute atomic E-state index is 15.2. The molecule has 214 valence electrons. The summed E-state index contributed by atoms with van der Waals surface area (Å²) >= 11 is 0. The number of H-pyrrole nitrogens is 1. The van der Waals surface area contributed by atoms with Gasteiger partial charge in [-0.15, -0.1) is 0 Å². The number of carbonyl (C=O) groups is 2. The Morgan fingerprint density at radius 2 is 1.62 bits per heavy atom. The molecule has 0 radical (unpaired) electrons. The first-order valence-corrected chi connectivity index (χ1v) is 14.0. The third kappa shape index (κ3) is 6.43. The lowest BCUT2D eigenvalue weighted by atomic mass is 10.0. The third-order valence-electron chi connectivity index (χ3n) is 6.24. The number of benzene rings is 4. The van der Waals surface area contributed by atoms with E-state index in [0.29, 0.717) is 17.1 Å². The van der Waals surface area contributed by atoms with Crippen LogP contribution in [0, 0.1) is 11.6 Å². The van der Waals surface area contributed by atoms with Crippen LogP contribution in [0.15, 0.2) is 95.9 Å². The topological polar surface area (TPSA) is 153 Å². The summed E-state index contributed by atoms with van der Waals surface area (Å²) in [6.45, 7) is 0. The molecule has 5 aromatic rings. The average molecular weight is 592 g/mol. The number of anilines is 2. The smallest absolute Gasteiger partial charge is 0.326 e. The van der Waals surface area contributed by atoms with Gasteiger partial charge in [-0.1, -0.05) is 54.6 Å². The van der Waals surface area contributed by atoms with Gasteiger partial charge in [-0.05, 0) is 47.5 Å². The number of carboxylic acids is 1. The largest absolute Gasteiger partial charge is 0.481 e. The number of rotatable bonds is 9. The maximum atomic E-state index is 15.2. The molecule has 0 fully saturated rings. The molecule has 1 heterocycles. The maximum Gasteiger partial charge on any atom is 0.326 e. The van der Waals surface area contributed by atoms with Gasteiger partial charge in [0.1, 0.15) is 16.5 Å². The van der Waals surface area contributed by atoms with Gasteiger partial charge >= 0.3 is 12.0 Å². The molecular formula is C29H23F2N5O5S. The Balaban J connectivity index is 1.35. The molecule has 10 nitrogen and oxygen atoms in total. The van der Waals surface area contributed by atoms with E-state index >= 15 is 8.78 Å². The normalized spacial score (nSPS) is 12.1. The number of aromatic amines is 1. The molecule has 0 saturated heterocycles. The van der Waals surface area contributed by atoms with Gasteiger partial charge in [0.2, 0.25) is 16.0 Å². The molecule has 0 bridgehead atoms. The van der Waals surface area contributed by atoms with Crippen molar-refractivity contribution in [2.24, 2.45) is 0 Å². The molecule has 42 heavy (non-hydrogen) atoms. The van der Waals surface area contributed by atoms with Crippen LogP contribution in [0.25, 0.3) is 22.2 Å². The SMILES string of the molecule is O=C(O)CC(NS(=O)(=O)c1cc(F)c(-c2cccc(NC(=O)Nc3nc4ccccc4[nH]3)c2)cc1F)c1ccccc1. The number of hydrogen-bond donors (Lipinski definition) is 5. The zero-order chi connectivity index (χ0) is 29.9. The lowest BCUT2D eigenvalue weighted by Gasteiger charge is -2.18. The molecular weight excluding hydrogens is 568 g/mol. The summed E-state index contributed by atoms with van der Waals surface area (Å²) in [4.78, 5) is 30.1. The summed E-state index contributed by atoms with van der Waals surface area (Å²) in [5.41, 5.74) is 1.89. The van der Waals surface area contributed by atoms with Gasteiger partial charge < -0.3 is 15.4 Å². The zero-order valence-electron chi connectivity index (χ0n) is 21.6. The van der Waals surface area contributed by atoms with E-state index < -0.39 is 51.0 Å². The summed E-state index contributed by atoms with van der Waals surface area (Å²) in [6.07, 6.45) is -0.616. The molecule has 1 atom stereocenters. The fourth-order valence-corrected chi connectivity index (χ4v) is 5.64. The predicted octanol–water partition coefficient (Wildman–Crippen LogP) is 5.65. The number of urea groups is 1. The van der Waals surface area contributed by atoms with Crippen LogP contribution in [-0.2, 0) is 14.8 Å². The second-order valence-electron chi connectivity index (χ2n) is 9.21. The fourth-order valence-electron chi connectivity index (χ4n) is 4.34. The van der Waals surface area contributed by atoms with Gasteiger partial charge in [0, 0.05) is 11.3 Å². The van der Waals surface area contributed by atoms with E-state index in [0.717, 1.165) is 11.6 Å². The third-order valence-corrected chi connectivity index (χ3v) is 7.73. The van der Waals surface area contributed by atoms with Crippen LogP contribution in [-0.4, -0.2) is 35.5 Å². The number of imidazole rings is 1. The van der Waals surface area contributed by atoms with Crippen LogP contribution in [0.2, 0.25) is 0 Å². The minimum Gasteiger partial charge on any atom is -0.481 e. The average Bonchev–Trinajstić information content (AvgIpc) is 3.36. The van der Waals surface area contributed by atoms with E-state index in [-0.39, 0.29) is 22.8 Å². The van der Waals surface area contributed by atoms with E-state index in [4.69, 9.17) is 0 Å². The Bertz CT molecular complexity index is 1860. The van der Waals surface area contributed by atoms with E-state index in [9.17, 15) is 23.1 Å². The van der Waals surface area contributed by atoms with Crippen LogP contribution in [0.1, 0.15) is 18.0 Å². The molecule has 5 rings (SSSR count). The number of halogens is 2. The Morgan fingerprint density at radius 1 is 0.881 bits per heavy atom. The van der Waals surface area contributed by atoms with E-state index in [1.165, 1.54) is 36.4 Å². The van der Waals surface area contributed by atoms with Crippen molar-refractivity contribution in [1.29, 1.82) is 0 Å². The zero-order valence-corrected chi connectivity index (χ0v) is 22.5. The molecule has 0 spiro atoms. The van der Waals surface area contributed by atoms with Crippen molar-refractivity contribution in [3.63, 3.8) is 0 Å². The molecule has 2 amide bonds. The molecule has 0 aliphatic rings. The van der Waals surface area contributed by atoms with Gasteiger partial charge in [-0.2, -0.15) is 0 Å². The number of hydrogen-bond acceptors (Lipinski definition) is 5. The van der Waals surface area contributed by atoms with Crippen molar-refractivity contribution in [2.75, 3.05) is 10.6 Å². The molecule has 1 unspecified atom stereocenters. The van der Waals surface area contributed by atoms with Crippen LogP contribution >= 0.6 is 0 Å². The number of amides is 2. The Labute approximate surface area is 238 Å². The molecule has 1 aromatic heterocycles. The van der Waals surface area contributed by atoms with E-state index in [1.807, 2.05) is 6.07 Å². The first-order valence-electron chi connectivity index (χ1n) is 12.5. The highest BCUT2D eigenvalue weighted by molar-refractivity contribution is 7.89. The summed E-state index contributed by atoms with van der Waals surface area (Å²) < 4.78 is 58.6. The quantitative estimate of drug-likeness (QED) is 0.149. The Hall–Kier alpha value is -5.14. The standard InChI is InChI=1S/C29H23F2N5O5S/c30-21-15-26(42(40,41)36-25(16-27(37)38)17-7-2-1-3-8-17)22(31)14-20(21)18-9-6-10-19(13-18)32-29(39)35-28-33-23-11-4-5-12-24(23)34-28/h1-15,25,36H,16H2,(H,37,38)(H3,32,33,34,35,39). The lowest BCUT2D eigenvalue weighted by molar-refractivity contribution is -0.137. The van der Waals surface area contributed by atoms with Crippen molar-refractivity contribution in [3.8, 4) is 11.1 Å². The number of carbonyl (C=O) groups excluding carboxylic acids is 1. The minimum absolute atomic E-state index is 0.165. The summed E-state index contributed by atoms with van der Waals surface area (Å²) in [6, 6.07) is 20.4. The number of carboxylic acid groups (broad SMARTS) is 1. The summed E-state index contributed by atoms with van der Waals surface area (Å²) in [5.74, 6) is -3.37. The predicted molar refractivity (Wildman–Crippen MR) is 152 cm³/mol. The fraction of sp³-hybridized carbons (Fsp3) is 0.0690. The number of fused-ring (bicyclic) bond motifs is 1. The molecule has 5 N–H and O–H groups in total. The van der Waals surface area contributed by atoms with Gasteiger partial charge in [-0.25, -0.2) is 31.7 Å². The number of sulfonamides is 1. The number of nitrogens with one attached hydrogen (secondary N) is 4. The number of nitrogens with zero attached hydrogens (tertiary/aromatic N) is 1. The van der Waals surface area contributed by atoms with E-state index in [2.05, 4.69) is 25.3 Å². The van der Waals surface area contributed by atoms with Crippen LogP contribution in [0.3, 0.4) is 0 Å². The first kappa shape index (κ1) is 28.4.